The zero-order chi connectivity index (χ0) is 21.8. The van der Waals surface area contributed by atoms with Gasteiger partial charge in [0.25, 0.3) is 6.43 Å². The molecule has 7 nitrogen and oxygen atoms in total. The monoisotopic (exact) mass is 439 g/mol. The number of nitrogens with zero attached hydrogens (tertiary/aromatic N) is 7. The standard InChI is InChI=1S/C19H18F5N7/c20-15(21)10-31-18-12(8-27-31)26-9-17(28-18)30-6-3-13-14(30)2-5-29(13)16-7-11(1-4-25-16)19(22,23)24/h1,4,7-9,13-15H,2-3,5-6,10H2/t13-,14-/m1/s1. The molecular formula is C19H18F5N7. The molecule has 0 spiro atoms. The number of aromatic nitrogens is 5. The lowest BCUT2D eigenvalue weighted by Gasteiger charge is -2.27. The van der Waals surface area contributed by atoms with Crippen molar-refractivity contribution in [1.29, 1.82) is 0 Å². The van der Waals surface area contributed by atoms with Crippen LogP contribution in [0.2, 0.25) is 0 Å². The van der Waals surface area contributed by atoms with Crippen LogP contribution in [0.15, 0.2) is 30.7 Å². The van der Waals surface area contributed by atoms with E-state index in [4.69, 9.17) is 0 Å². The summed E-state index contributed by atoms with van der Waals surface area (Å²) in [5.41, 5.74) is -0.00331. The molecule has 0 radical (unpaired) electrons. The van der Waals surface area contributed by atoms with E-state index in [-0.39, 0.29) is 17.7 Å². The maximum Gasteiger partial charge on any atom is 0.416 e. The van der Waals surface area contributed by atoms with Crippen molar-refractivity contribution in [2.24, 2.45) is 0 Å². The first-order valence-corrected chi connectivity index (χ1v) is 9.84. The minimum atomic E-state index is -4.43. The topological polar surface area (TPSA) is 63.0 Å². The van der Waals surface area contributed by atoms with E-state index < -0.39 is 24.7 Å². The Morgan fingerprint density at radius 2 is 1.71 bits per heavy atom. The van der Waals surface area contributed by atoms with Crippen molar-refractivity contribution in [1.82, 2.24) is 24.7 Å². The summed E-state index contributed by atoms with van der Waals surface area (Å²) in [5, 5.41) is 3.93. The lowest BCUT2D eigenvalue weighted by atomic mass is 10.1. The molecule has 164 valence electrons. The molecule has 2 aliphatic rings. The molecule has 3 aromatic heterocycles. The molecular weight excluding hydrogens is 421 g/mol. The average molecular weight is 439 g/mol. The molecule has 3 aromatic rings. The largest absolute Gasteiger partial charge is 0.416 e. The highest BCUT2D eigenvalue weighted by Crippen LogP contribution is 2.38. The van der Waals surface area contributed by atoms with Gasteiger partial charge in [-0.25, -0.2) is 28.4 Å². The van der Waals surface area contributed by atoms with E-state index in [1.165, 1.54) is 12.4 Å². The van der Waals surface area contributed by atoms with E-state index in [0.717, 1.165) is 29.7 Å². The molecule has 5 rings (SSSR count). The molecule has 0 amide bonds. The van der Waals surface area contributed by atoms with Gasteiger partial charge in [-0.3, -0.25) is 0 Å². The maximum absolute atomic E-state index is 13.1. The van der Waals surface area contributed by atoms with Crippen LogP contribution in [0.1, 0.15) is 18.4 Å². The molecule has 31 heavy (non-hydrogen) atoms. The molecule has 5 heterocycles. The lowest BCUT2D eigenvalue weighted by Crippen LogP contribution is -2.37. The summed E-state index contributed by atoms with van der Waals surface area (Å²) in [7, 11) is 0. The van der Waals surface area contributed by atoms with Crippen LogP contribution >= 0.6 is 0 Å². The van der Waals surface area contributed by atoms with Gasteiger partial charge in [0, 0.05) is 19.3 Å². The van der Waals surface area contributed by atoms with Gasteiger partial charge >= 0.3 is 6.18 Å². The lowest BCUT2D eigenvalue weighted by molar-refractivity contribution is -0.137. The minimum Gasteiger partial charge on any atom is -0.351 e. The van der Waals surface area contributed by atoms with Crippen LogP contribution in [0.5, 0.6) is 0 Å². The molecule has 0 aromatic carbocycles. The Kier molecular flexibility index (Phi) is 4.67. The van der Waals surface area contributed by atoms with Crippen molar-refractivity contribution in [2.75, 3.05) is 22.9 Å². The molecule has 0 bridgehead atoms. The summed E-state index contributed by atoms with van der Waals surface area (Å²) in [6.07, 6.45) is -1.38. The Morgan fingerprint density at radius 1 is 1.00 bits per heavy atom. The predicted molar refractivity (Wildman–Crippen MR) is 102 cm³/mol. The minimum absolute atomic E-state index is 0.0144. The third-order valence-corrected chi connectivity index (χ3v) is 5.88. The van der Waals surface area contributed by atoms with Crippen molar-refractivity contribution >= 4 is 22.8 Å². The predicted octanol–water partition coefficient (Wildman–Crippen LogP) is 3.36. The summed E-state index contributed by atoms with van der Waals surface area (Å²) in [6, 6.07) is 2.06. The fourth-order valence-corrected chi connectivity index (χ4v) is 4.55. The van der Waals surface area contributed by atoms with E-state index in [0.29, 0.717) is 30.2 Å². The van der Waals surface area contributed by atoms with Gasteiger partial charge in [-0.2, -0.15) is 18.3 Å². The Hall–Kier alpha value is -3.05. The smallest absolute Gasteiger partial charge is 0.351 e. The van der Waals surface area contributed by atoms with E-state index in [9.17, 15) is 22.0 Å². The number of alkyl halides is 5. The molecule has 0 N–H and O–H groups in total. The van der Waals surface area contributed by atoms with Gasteiger partial charge in [0.15, 0.2) is 5.65 Å². The Balaban J connectivity index is 1.40. The first-order chi connectivity index (χ1) is 14.8. The van der Waals surface area contributed by atoms with Crippen molar-refractivity contribution in [2.45, 2.75) is 44.1 Å². The number of fused-ring (bicyclic) bond motifs is 2. The summed E-state index contributed by atoms with van der Waals surface area (Å²) in [4.78, 5) is 16.9. The Labute approximate surface area is 173 Å². The van der Waals surface area contributed by atoms with Gasteiger partial charge in [0.2, 0.25) is 0 Å². The average Bonchev–Trinajstić information content (AvgIpc) is 3.42. The highest BCUT2D eigenvalue weighted by molar-refractivity contribution is 5.71. The van der Waals surface area contributed by atoms with Crippen LogP contribution < -0.4 is 9.80 Å². The normalized spacial score (nSPS) is 21.5. The first kappa shape index (κ1) is 19.9. The second-order valence-corrected chi connectivity index (χ2v) is 7.65. The van der Waals surface area contributed by atoms with Gasteiger partial charge in [-0.15, -0.1) is 0 Å². The SMILES string of the molecule is FC(F)Cn1ncc2ncc(N3CC[C@@H]4[C@H]3CCN4c3cc(C(F)(F)F)ccn3)nc21. The van der Waals surface area contributed by atoms with Gasteiger partial charge in [-0.05, 0) is 25.0 Å². The van der Waals surface area contributed by atoms with Gasteiger partial charge < -0.3 is 9.80 Å². The van der Waals surface area contributed by atoms with Gasteiger partial charge in [0.1, 0.15) is 23.7 Å². The fraction of sp³-hybridized carbons (Fsp3) is 0.474. The van der Waals surface area contributed by atoms with Crippen LogP contribution in [0.4, 0.5) is 33.6 Å². The summed E-state index contributed by atoms with van der Waals surface area (Å²) in [6.45, 7) is 0.635. The molecule has 2 saturated heterocycles. The number of anilines is 2. The Morgan fingerprint density at radius 3 is 2.39 bits per heavy atom. The zero-order valence-corrected chi connectivity index (χ0v) is 16.2. The second kappa shape index (κ2) is 7.27. The highest BCUT2D eigenvalue weighted by atomic mass is 19.4. The number of halogens is 5. The second-order valence-electron chi connectivity index (χ2n) is 7.65. The van der Waals surface area contributed by atoms with Crippen molar-refractivity contribution in [3.63, 3.8) is 0 Å². The van der Waals surface area contributed by atoms with Crippen molar-refractivity contribution in [3.05, 3.63) is 36.3 Å². The fourth-order valence-electron chi connectivity index (χ4n) is 4.55. The van der Waals surface area contributed by atoms with Crippen molar-refractivity contribution < 1.29 is 22.0 Å². The summed E-state index contributed by atoms with van der Waals surface area (Å²) < 4.78 is 66.0. The molecule has 2 atom stereocenters. The molecule has 2 fully saturated rings. The van der Waals surface area contributed by atoms with Crippen molar-refractivity contribution in [3.8, 4) is 0 Å². The van der Waals surface area contributed by atoms with Crippen LogP contribution in [-0.4, -0.2) is 56.3 Å². The van der Waals surface area contributed by atoms with E-state index in [1.807, 2.05) is 9.80 Å². The maximum atomic E-state index is 13.1. The van der Waals surface area contributed by atoms with Crippen LogP contribution in [0, 0.1) is 0 Å². The third kappa shape index (κ3) is 3.53. The van der Waals surface area contributed by atoms with Crippen LogP contribution in [-0.2, 0) is 12.7 Å². The molecule has 2 aliphatic heterocycles. The summed E-state index contributed by atoms with van der Waals surface area (Å²) in [5.74, 6) is 0.857. The number of hydrogen-bond donors (Lipinski definition) is 0. The van der Waals surface area contributed by atoms with E-state index in [1.54, 1.807) is 6.20 Å². The van der Waals surface area contributed by atoms with E-state index in [2.05, 4.69) is 20.1 Å². The number of hydrogen-bond acceptors (Lipinski definition) is 6. The highest BCUT2D eigenvalue weighted by Gasteiger charge is 2.44. The Bertz CT molecular complexity index is 1100. The van der Waals surface area contributed by atoms with Crippen LogP contribution in [0.25, 0.3) is 11.2 Å². The summed E-state index contributed by atoms with van der Waals surface area (Å²) >= 11 is 0. The zero-order valence-electron chi connectivity index (χ0n) is 16.2. The molecule has 0 aliphatic carbocycles. The molecule has 0 saturated carbocycles. The van der Waals surface area contributed by atoms with Gasteiger partial charge in [-0.1, -0.05) is 0 Å². The third-order valence-electron chi connectivity index (χ3n) is 5.88. The molecule has 12 heteroatoms. The van der Waals surface area contributed by atoms with E-state index >= 15 is 0 Å². The quantitative estimate of drug-likeness (QED) is 0.581. The van der Waals surface area contributed by atoms with Crippen LogP contribution in [0.3, 0.4) is 0 Å². The number of rotatable bonds is 4. The molecule has 0 unspecified atom stereocenters. The first-order valence-electron chi connectivity index (χ1n) is 9.84. The number of pyridine rings is 1. The van der Waals surface area contributed by atoms with Gasteiger partial charge in [0.05, 0.1) is 30.0 Å².